The third-order valence-electron chi connectivity index (χ3n) is 4.02. The number of aryl methyl sites for hydroxylation is 1. The van der Waals surface area contributed by atoms with Gasteiger partial charge in [0.2, 0.25) is 17.6 Å². The number of carbonyl (C=O) groups excluding carboxylic acids is 1. The van der Waals surface area contributed by atoms with Gasteiger partial charge in [-0.25, -0.2) is 0 Å². The molecule has 0 fully saturated rings. The number of amides is 1. The van der Waals surface area contributed by atoms with Crippen molar-refractivity contribution in [3.05, 3.63) is 47.7 Å². The van der Waals surface area contributed by atoms with Gasteiger partial charge in [-0.2, -0.15) is 4.98 Å². The summed E-state index contributed by atoms with van der Waals surface area (Å²) in [4.78, 5) is 19.7. The zero-order valence-corrected chi connectivity index (χ0v) is 14.4. The predicted octanol–water partition coefficient (Wildman–Crippen LogP) is 3.55. The van der Waals surface area contributed by atoms with Crippen LogP contribution in [0.25, 0.3) is 10.7 Å². The summed E-state index contributed by atoms with van der Waals surface area (Å²) in [6.07, 6.45) is 1.70. The molecule has 4 rings (SSSR count). The molecule has 0 saturated heterocycles. The topological polar surface area (TPSA) is 68.5 Å². The normalized spacial score (nSPS) is 13.4. The lowest BCUT2D eigenvalue weighted by atomic mass is 10.2. The van der Waals surface area contributed by atoms with Crippen LogP contribution in [-0.4, -0.2) is 29.2 Å². The molecule has 0 atom stereocenters. The first kappa shape index (κ1) is 15.8. The fraction of sp³-hybridized carbons (Fsp3) is 0.278. The smallest absolute Gasteiger partial charge is 0.227 e. The summed E-state index contributed by atoms with van der Waals surface area (Å²) >= 11 is 1.57. The molecule has 3 heterocycles. The largest absolute Gasteiger partial charge is 0.490 e. The standard InChI is InChI=1S/C18H17N3O3S/c22-17(21-10-11-23-14-6-2-1-5-13(14)21)9-3-8-16-19-18(20-24-16)15-7-4-12-25-15/h1-2,4-7,12H,3,8-11H2. The SMILES string of the molecule is O=C(CCCc1nc(-c2cccs2)no1)N1CCOc2ccccc21. The van der Waals surface area contributed by atoms with Crippen molar-refractivity contribution in [2.45, 2.75) is 19.3 Å². The van der Waals surface area contributed by atoms with Gasteiger partial charge >= 0.3 is 0 Å². The van der Waals surface area contributed by atoms with Crippen molar-refractivity contribution < 1.29 is 14.1 Å². The first-order chi connectivity index (χ1) is 12.3. The summed E-state index contributed by atoms with van der Waals surface area (Å²) in [5, 5.41) is 5.96. The third kappa shape index (κ3) is 3.41. The average molecular weight is 355 g/mol. The molecule has 0 aliphatic carbocycles. The first-order valence-corrected chi connectivity index (χ1v) is 9.08. The maximum Gasteiger partial charge on any atom is 0.227 e. The van der Waals surface area contributed by atoms with E-state index in [0.29, 0.717) is 44.1 Å². The lowest BCUT2D eigenvalue weighted by Crippen LogP contribution is -2.37. The van der Waals surface area contributed by atoms with E-state index in [1.807, 2.05) is 41.8 Å². The minimum Gasteiger partial charge on any atom is -0.490 e. The van der Waals surface area contributed by atoms with Gasteiger partial charge in [-0.3, -0.25) is 4.79 Å². The van der Waals surface area contributed by atoms with Gasteiger partial charge in [0.1, 0.15) is 12.4 Å². The zero-order valence-electron chi connectivity index (χ0n) is 13.6. The highest BCUT2D eigenvalue weighted by molar-refractivity contribution is 7.13. The van der Waals surface area contributed by atoms with Gasteiger partial charge in [0.15, 0.2) is 0 Å². The van der Waals surface area contributed by atoms with E-state index in [1.54, 1.807) is 16.2 Å². The summed E-state index contributed by atoms with van der Waals surface area (Å²) in [5.41, 5.74) is 0.844. The lowest BCUT2D eigenvalue weighted by molar-refractivity contribution is -0.119. The highest BCUT2D eigenvalue weighted by Gasteiger charge is 2.23. The highest BCUT2D eigenvalue weighted by atomic mass is 32.1. The van der Waals surface area contributed by atoms with E-state index in [2.05, 4.69) is 10.1 Å². The molecule has 0 saturated carbocycles. The molecule has 0 N–H and O–H groups in total. The van der Waals surface area contributed by atoms with Crippen LogP contribution in [0.4, 0.5) is 5.69 Å². The van der Waals surface area contributed by atoms with Gasteiger partial charge in [-0.05, 0) is 30.0 Å². The Bertz CT molecular complexity index is 860. The Hall–Kier alpha value is -2.67. The fourth-order valence-corrected chi connectivity index (χ4v) is 3.47. The zero-order chi connectivity index (χ0) is 17.1. The third-order valence-corrected chi connectivity index (χ3v) is 4.89. The molecule has 0 bridgehead atoms. The molecular formula is C18H17N3O3S. The van der Waals surface area contributed by atoms with Crippen molar-refractivity contribution in [1.82, 2.24) is 10.1 Å². The number of hydrogen-bond donors (Lipinski definition) is 0. The minimum absolute atomic E-state index is 0.0914. The van der Waals surface area contributed by atoms with Gasteiger partial charge in [-0.1, -0.05) is 23.4 Å². The van der Waals surface area contributed by atoms with E-state index in [4.69, 9.17) is 9.26 Å². The lowest BCUT2D eigenvalue weighted by Gasteiger charge is -2.29. The van der Waals surface area contributed by atoms with Gasteiger partial charge in [0.25, 0.3) is 0 Å². The van der Waals surface area contributed by atoms with E-state index in [0.717, 1.165) is 16.3 Å². The van der Waals surface area contributed by atoms with Crippen LogP contribution in [0.15, 0.2) is 46.3 Å². The van der Waals surface area contributed by atoms with Crippen LogP contribution in [0.3, 0.4) is 0 Å². The Balaban J connectivity index is 1.34. The number of rotatable bonds is 5. The average Bonchev–Trinajstić information content (AvgIpc) is 3.32. The molecule has 1 aliphatic rings. The quantitative estimate of drug-likeness (QED) is 0.700. The van der Waals surface area contributed by atoms with Gasteiger partial charge in [0, 0.05) is 12.8 Å². The van der Waals surface area contributed by atoms with E-state index >= 15 is 0 Å². The number of thiophene rings is 1. The van der Waals surface area contributed by atoms with Crippen molar-refractivity contribution in [2.24, 2.45) is 0 Å². The van der Waals surface area contributed by atoms with Crippen LogP contribution >= 0.6 is 11.3 Å². The van der Waals surface area contributed by atoms with Gasteiger partial charge < -0.3 is 14.2 Å². The minimum atomic E-state index is 0.0914. The van der Waals surface area contributed by atoms with E-state index in [-0.39, 0.29) is 5.91 Å². The number of para-hydroxylation sites is 2. The van der Waals surface area contributed by atoms with Crippen LogP contribution in [0.1, 0.15) is 18.7 Å². The second-order valence-corrected chi connectivity index (χ2v) is 6.65. The van der Waals surface area contributed by atoms with Crippen LogP contribution in [0.2, 0.25) is 0 Å². The molecular weight excluding hydrogens is 338 g/mol. The maximum absolute atomic E-state index is 12.5. The molecule has 0 unspecified atom stereocenters. The second kappa shape index (κ2) is 7.06. The molecule has 1 aromatic carbocycles. The Morgan fingerprint density at radius 1 is 1.24 bits per heavy atom. The number of benzene rings is 1. The van der Waals surface area contributed by atoms with Crippen molar-refractivity contribution in [2.75, 3.05) is 18.1 Å². The van der Waals surface area contributed by atoms with E-state index < -0.39 is 0 Å². The number of anilines is 1. The van der Waals surface area contributed by atoms with Crippen molar-refractivity contribution in [3.8, 4) is 16.5 Å². The number of ether oxygens (including phenoxy) is 1. The summed E-state index contributed by atoms with van der Waals surface area (Å²) in [6.45, 7) is 1.11. The van der Waals surface area contributed by atoms with Gasteiger partial charge in [0.05, 0.1) is 17.1 Å². The maximum atomic E-state index is 12.5. The number of carbonyl (C=O) groups is 1. The summed E-state index contributed by atoms with van der Waals surface area (Å²) < 4.78 is 10.9. The predicted molar refractivity (Wildman–Crippen MR) is 94.8 cm³/mol. The summed E-state index contributed by atoms with van der Waals surface area (Å²) in [6, 6.07) is 11.5. The van der Waals surface area contributed by atoms with Crippen molar-refractivity contribution in [1.29, 1.82) is 0 Å². The molecule has 1 aliphatic heterocycles. The molecule has 0 spiro atoms. The number of aromatic nitrogens is 2. The van der Waals surface area contributed by atoms with Crippen LogP contribution in [0.5, 0.6) is 5.75 Å². The highest BCUT2D eigenvalue weighted by Crippen LogP contribution is 2.31. The summed E-state index contributed by atoms with van der Waals surface area (Å²) in [7, 11) is 0. The molecule has 1 amide bonds. The molecule has 7 heteroatoms. The Morgan fingerprint density at radius 2 is 2.16 bits per heavy atom. The molecule has 25 heavy (non-hydrogen) atoms. The molecule has 128 valence electrons. The molecule has 6 nitrogen and oxygen atoms in total. The van der Waals surface area contributed by atoms with Crippen LogP contribution in [0, 0.1) is 0 Å². The van der Waals surface area contributed by atoms with Gasteiger partial charge in [-0.15, -0.1) is 11.3 Å². The Kier molecular flexibility index (Phi) is 4.47. The fourth-order valence-electron chi connectivity index (χ4n) is 2.82. The van der Waals surface area contributed by atoms with Crippen LogP contribution < -0.4 is 9.64 Å². The molecule has 0 radical (unpaired) electrons. The van der Waals surface area contributed by atoms with Crippen molar-refractivity contribution in [3.63, 3.8) is 0 Å². The number of nitrogens with zero attached hydrogens (tertiary/aromatic N) is 3. The molecule has 3 aromatic rings. The van der Waals surface area contributed by atoms with E-state index in [9.17, 15) is 4.79 Å². The number of hydrogen-bond acceptors (Lipinski definition) is 6. The van der Waals surface area contributed by atoms with Crippen molar-refractivity contribution >= 4 is 22.9 Å². The molecule has 2 aromatic heterocycles. The van der Waals surface area contributed by atoms with E-state index in [1.165, 1.54) is 0 Å². The second-order valence-electron chi connectivity index (χ2n) is 5.70. The number of fused-ring (bicyclic) bond motifs is 1. The Labute approximate surface area is 149 Å². The first-order valence-electron chi connectivity index (χ1n) is 8.20. The Morgan fingerprint density at radius 3 is 3.04 bits per heavy atom. The summed E-state index contributed by atoms with van der Waals surface area (Å²) in [5.74, 6) is 2.03. The van der Waals surface area contributed by atoms with Crippen LogP contribution in [-0.2, 0) is 11.2 Å². The monoisotopic (exact) mass is 355 g/mol.